The summed E-state index contributed by atoms with van der Waals surface area (Å²) < 4.78 is 5.20. The molecular formula is C26H29N5O5. The molecule has 0 fully saturated rings. The van der Waals surface area contributed by atoms with E-state index in [1.54, 1.807) is 43.2 Å². The number of rotatable bonds is 11. The number of amides is 2. The van der Waals surface area contributed by atoms with Crippen LogP contribution in [0, 0.1) is 6.92 Å². The molecule has 4 N–H and O–H groups in total. The molecule has 2 aromatic carbocycles. The Kier molecular flexibility index (Phi) is 8.69. The van der Waals surface area contributed by atoms with Crippen molar-refractivity contribution in [1.29, 1.82) is 0 Å². The lowest BCUT2D eigenvalue weighted by Crippen LogP contribution is -2.35. The number of hydrogen-bond acceptors (Lipinski definition) is 7. The van der Waals surface area contributed by atoms with Crippen LogP contribution in [0.2, 0.25) is 0 Å². The Morgan fingerprint density at radius 2 is 1.92 bits per heavy atom. The third kappa shape index (κ3) is 6.86. The maximum Gasteiger partial charge on any atom is 0.335 e. The lowest BCUT2D eigenvalue weighted by Gasteiger charge is -2.28. The highest BCUT2D eigenvalue weighted by molar-refractivity contribution is 5.92. The van der Waals surface area contributed by atoms with E-state index in [0.717, 1.165) is 11.1 Å². The van der Waals surface area contributed by atoms with Gasteiger partial charge in [-0.3, -0.25) is 14.5 Å². The summed E-state index contributed by atoms with van der Waals surface area (Å²) in [5, 5.41) is 12.1. The summed E-state index contributed by atoms with van der Waals surface area (Å²) in [7, 11) is 1.58. The van der Waals surface area contributed by atoms with Crippen molar-refractivity contribution in [2.24, 2.45) is 5.73 Å². The number of methoxy groups -OCH3 is 1. The van der Waals surface area contributed by atoms with Crippen LogP contribution in [0.15, 0.2) is 54.9 Å². The summed E-state index contributed by atoms with van der Waals surface area (Å²) in [4.78, 5) is 46.0. The molecule has 1 aromatic heterocycles. The van der Waals surface area contributed by atoms with Gasteiger partial charge in [0.25, 0.3) is 5.91 Å². The minimum Gasteiger partial charge on any atom is -0.497 e. The van der Waals surface area contributed by atoms with Gasteiger partial charge in [-0.1, -0.05) is 24.3 Å². The Morgan fingerprint density at radius 3 is 2.58 bits per heavy atom. The molecule has 36 heavy (non-hydrogen) atoms. The summed E-state index contributed by atoms with van der Waals surface area (Å²) in [6.45, 7) is 4.08. The zero-order valence-corrected chi connectivity index (χ0v) is 20.4. The average Bonchev–Trinajstić information content (AvgIpc) is 2.86. The third-order valence-electron chi connectivity index (χ3n) is 5.78. The fraction of sp³-hybridized carbons (Fsp3) is 0.269. The van der Waals surface area contributed by atoms with E-state index in [1.807, 2.05) is 31.2 Å². The van der Waals surface area contributed by atoms with Crippen molar-refractivity contribution in [1.82, 2.24) is 20.2 Å². The number of carbonyl (C=O) groups excluding carboxylic acids is 2. The summed E-state index contributed by atoms with van der Waals surface area (Å²) in [5.74, 6) is -1.19. The van der Waals surface area contributed by atoms with Crippen LogP contribution < -0.4 is 15.8 Å². The molecule has 2 amide bonds. The summed E-state index contributed by atoms with van der Waals surface area (Å²) >= 11 is 0. The molecule has 10 heteroatoms. The van der Waals surface area contributed by atoms with Crippen molar-refractivity contribution in [2.75, 3.05) is 13.7 Å². The predicted octanol–water partition coefficient (Wildman–Crippen LogP) is 2.47. The largest absolute Gasteiger partial charge is 0.497 e. The summed E-state index contributed by atoms with van der Waals surface area (Å²) in [6.07, 6.45) is 1.30. The van der Waals surface area contributed by atoms with Crippen LogP contribution in [0.25, 0.3) is 0 Å². The number of aromatic carboxylic acids is 1. The molecule has 0 bridgehead atoms. The summed E-state index contributed by atoms with van der Waals surface area (Å²) in [6, 6.07) is 13.7. The zero-order chi connectivity index (χ0) is 26.2. The molecule has 1 heterocycles. The first-order chi connectivity index (χ1) is 17.2. The van der Waals surface area contributed by atoms with E-state index in [0.29, 0.717) is 23.6 Å². The van der Waals surface area contributed by atoms with Gasteiger partial charge in [0.2, 0.25) is 5.91 Å². The van der Waals surface area contributed by atoms with E-state index in [2.05, 4.69) is 15.3 Å². The zero-order valence-electron chi connectivity index (χ0n) is 20.4. The van der Waals surface area contributed by atoms with E-state index in [-0.39, 0.29) is 36.3 Å². The van der Waals surface area contributed by atoms with Gasteiger partial charge in [0, 0.05) is 19.1 Å². The number of nitrogens with two attached hydrogens (primary N) is 1. The number of aryl methyl sites for hydroxylation is 1. The van der Waals surface area contributed by atoms with E-state index in [4.69, 9.17) is 10.5 Å². The molecule has 3 rings (SSSR count). The first-order valence-electron chi connectivity index (χ1n) is 11.3. The second-order valence-electron chi connectivity index (χ2n) is 8.36. The van der Waals surface area contributed by atoms with E-state index >= 15 is 0 Å². The number of aromatic nitrogens is 2. The van der Waals surface area contributed by atoms with E-state index < -0.39 is 11.9 Å². The highest BCUT2D eigenvalue weighted by Gasteiger charge is 2.21. The van der Waals surface area contributed by atoms with Crippen LogP contribution in [-0.4, -0.2) is 51.4 Å². The fourth-order valence-corrected chi connectivity index (χ4v) is 3.80. The van der Waals surface area contributed by atoms with Crippen molar-refractivity contribution in [3.63, 3.8) is 0 Å². The number of ether oxygens (including phenoxy) is 1. The second-order valence-corrected chi connectivity index (χ2v) is 8.36. The van der Waals surface area contributed by atoms with Gasteiger partial charge in [-0.05, 0) is 54.8 Å². The first-order valence-corrected chi connectivity index (χ1v) is 11.3. The van der Waals surface area contributed by atoms with E-state index in [1.165, 1.54) is 6.33 Å². The van der Waals surface area contributed by atoms with Gasteiger partial charge in [0.1, 0.15) is 17.8 Å². The number of hydrogen-bond donors (Lipinski definition) is 3. The predicted molar refractivity (Wildman–Crippen MR) is 132 cm³/mol. The van der Waals surface area contributed by atoms with Gasteiger partial charge in [-0.2, -0.15) is 0 Å². The Hall–Kier alpha value is -4.31. The van der Waals surface area contributed by atoms with Crippen molar-refractivity contribution in [3.8, 4) is 5.75 Å². The smallest absolute Gasteiger partial charge is 0.335 e. The van der Waals surface area contributed by atoms with Crippen LogP contribution in [0.5, 0.6) is 5.75 Å². The molecule has 0 aliphatic rings. The third-order valence-corrected chi connectivity index (χ3v) is 5.78. The number of benzene rings is 2. The Bertz CT molecular complexity index is 1260. The molecule has 1 atom stereocenters. The maximum atomic E-state index is 12.7. The second kappa shape index (κ2) is 11.9. The lowest BCUT2D eigenvalue weighted by atomic mass is 10.00. The number of carbonyl (C=O) groups is 3. The van der Waals surface area contributed by atoms with Crippen LogP contribution in [0.1, 0.15) is 56.2 Å². The molecule has 0 aliphatic carbocycles. The quantitative estimate of drug-likeness (QED) is 0.371. The highest BCUT2D eigenvalue weighted by Crippen LogP contribution is 2.24. The van der Waals surface area contributed by atoms with Gasteiger partial charge < -0.3 is 20.9 Å². The number of nitrogens with one attached hydrogen (secondary N) is 1. The first kappa shape index (κ1) is 26.3. The van der Waals surface area contributed by atoms with Crippen LogP contribution in [0.4, 0.5) is 0 Å². The van der Waals surface area contributed by atoms with Gasteiger partial charge >= 0.3 is 5.97 Å². The van der Waals surface area contributed by atoms with Crippen molar-refractivity contribution in [3.05, 3.63) is 88.5 Å². The Balaban J connectivity index is 1.74. The molecule has 0 aliphatic heterocycles. The van der Waals surface area contributed by atoms with Crippen LogP contribution >= 0.6 is 0 Å². The standard InChI is InChI=1S/C26H29N5O5/c1-16-9-19(7-8-22(16)26(34)35)17(2)31(14-24(27)32)13-20-11-23(30-15-29-20)25(33)28-12-18-5-4-6-21(10-18)36-3/h4-11,15,17H,12-14H2,1-3H3,(H2,27,32)(H,28,33)(H,34,35)/t17-/m0/s1. The molecule has 0 saturated heterocycles. The number of carboxylic acid groups (broad SMARTS) is 1. The molecule has 188 valence electrons. The minimum absolute atomic E-state index is 0.0533. The monoisotopic (exact) mass is 491 g/mol. The SMILES string of the molecule is COc1cccc(CNC(=O)c2cc(CN(CC(N)=O)[C@@H](C)c3ccc(C(=O)O)c(C)c3)ncn2)c1. The van der Waals surface area contributed by atoms with E-state index in [9.17, 15) is 19.5 Å². The Morgan fingerprint density at radius 1 is 1.14 bits per heavy atom. The summed E-state index contributed by atoms with van der Waals surface area (Å²) in [5.41, 5.74) is 8.74. The van der Waals surface area contributed by atoms with Gasteiger partial charge in [0.05, 0.1) is 24.9 Å². The van der Waals surface area contributed by atoms with Crippen LogP contribution in [-0.2, 0) is 17.9 Å². The van der Waals surface area contributed by atoms with Gasteiger partial charge in [0.15, 0.2) is 0 Å². The van der Waals surface area contributed by atoms with Crippen LogP contribution in [0.3, 0.4) is 0 Å². The molecular weight excluding hydrogens is 462 g/mol. The number of carboxylic acids is 1. The van der Waals surface area contributed by atoms with Gasteiger partial charge in [-0.25, -0.2) is 14.8 Å². The fourth-order valence-electron chi connectivity index (χ4n) is 3.80. The number of nitrogens with zero attached hydrogens (tertiary/aromatic N) is 3. The lowest BCUT2D eigenvalue weighted by molar-refractivity contribution is -0.119. The molecule has 10 nitrogen and oxygen atoms in total. The average molecular weight is 492 g/mol. The Labute approximate surface area is 209 Å². The molecule has 0 saturated carbocycles. The molecule has 0 unspecified atom stereocenters. The maximum absolute atomic E-state index is 12.7. The minimum atomic E-state index is -1.00. The topological polar surface area (TPSA) is 148 Å². The molecule has 0 radical (unpaired) electrons. The van der Waals surface area contributed by atoms with Crippen molar-refractivity contribution in [2.45, 2.75) is 33.0 Å². The van der Waals surface area contributed by atoms with Gasteiger partial charge in [-0.15, -0.1) is 0 Å². The normalized spacial score (nSPS) is 11.7. The molecule has 3 aromatic rings. The number of primary amides is 1. The van der Waals surface area contributed by atoms with Crippen molar-refractivity contribution < 1.29 is 24.2 Å². The van der Waals surface area contributed by atoms with Crippen molar-refractivity contribution >= 4 is 17.8 Å². The molecule has 0 spiro atoms. The highest BCUT2D eigenvalue weighted by atomic mass is 16.5.